The molecular weight excluding hydrogens is 288 g/mol. The molecule has 0 heterocycles. The molecule has 6 heteroatoms. The third-order valence-corrected chi connectivity index (χ3v) is 3.04. The number of ether oxygens (including phenoxy) is 3. The second-order valence-electron chi connectivity index (χ2n) is 4.67. The Balaban J connectivity index is 2.51. The minimum atomic E-state index is 0.00778. The largest absolute Gasteiger partial charge is 0.491 e. The topological polar surface area (TPSA) is 88.4 Å². The van der Waals surface area contributed by atoms with Crippen molar-refractivity contribution < 1.29 is 29.5 Å². The molecule has 6 nitrogen and oxygen atoms in total. The predicted octanol–water partition coefficient (Wildman–Crippen LogP) is 0.161. The molecule has 0 aliphatic heterocycles. The molecule has 126 valence electrons. The highest BCUT2D eigenvalue weighted by Gasteiger charge is 2.05. The van der Waals surface area contributed by atoms with Crippen LogP contribution in [0.3, 0.4) is 0 Å². The van der Waals surface area contributed by atoms with Gasteiger partial charge in [-0.25, -0.2) is 0 Å². The average Bonchev–Trinajstić information content (AvgIpc) is 2.53. The summed E-state index contributed by atoms with van der Waals surface area (Å²) in [5.74, 6) is 0.742. The molecule has 0 bridgehead atoms. The lowest BCUT2D eigenvalue weighted by Gasteiger charge is -2.12. The van der Waals surface area contributed by atoms with Crippen molar-refractivity contribution in [3.63, 3.8) is 0 Å². The maximum Gasteiger partial charge on any atom is 0.119 e. The Morgan fingerprint density at radius 1 is 0.682 bits per heavy atom. The van der Waals surface area contributed by atoms with E-state index in [0.717, 1.165) is 16.9 Å². The summed E-state index contributed by atoms with van der Waals surface area (Å²) in [5.41, 5.74) is 2.14. The van der Waals surface area contributed by atoms with Gasteiger partial charge in [0.1, 0.15) is 12.4 Å². The molecule has 1 aromatic carbocycles. The van der Waals surface area contributed by atoms with Crippen molar-refractivity contribution in [1.29, 1.82) is 0 Å². The van der Waals surface area contributed by atoms with Gasteiger partial charge >= 0.3 is 0 Å². The van der Waals surface area contributed by atoms with Crippen LogP contribution in [0.2, 0.25) is 0 Å². The first-order valence-corrected chi connectivity index (χ1v) is 7.54. The molecule has 0 saturated carbocycles. The van der Waals surface area contributed by atoms with Crippen molar-refractivity contribution in [2.45, 2.75) is 12.8 Å². The Morgan fingerprint density at radius 2 is 1.41 bits per heavy atom. The SMILES string of the molecule is OCCOCCOc1ccc(CCO)c(CCOCCO)c1. The van der Waals surface area contributed by atoms with E-state index in [2.05, 4.69) is 0 Å². The van der Waals surface area contributed by atoms with E-state index in [1.165, 1.54) is 0 Å². The van der Waals surface area contributed by atoms with Crippen LogP contribution in [0, 0.1) is 0 Å². The summed E-state index contributed by atoms with van der Waals surface area (Å²) >= 11 is 0. The van der Waals surface area contributed by atoms with E-state index in [-0.39, 0.29) is 19.8 Å². The summed E-state index contributed by atoms with van der Waals surface area (Å²) in [6.07, 6.45) is 1.29. The van der Waals surface area contributed by atoms with Crippen LogP contribution in [-0.4, -0.2) is 68.2 Å². The Bertz CT molecular complexity index is 396. The monoisotopic (exact) mass is 314 g/mol. The van der Waals surface area contributed by atoms with Crippen molar-refractivity contribution in [2.24, 2.45) is 0 Å². The Hall–Kier alpha value is -1.18. The fourth-order valence-electron chi connectivity index (χ4n) is 2.02. The van der Waals surface area contributed by atoms with Crippen LogP contribution < -0.4 is 4.74 Å². The Kier molecular flexibility index (Phi) is 10.6. The molecule has 0 aromatic heterocycles. The molecule has 0 amide bonds. The summed E-state index contributed by atoms with van der Waals surface area (Å²) in [7, 11) is 0. The minimum Gasteiger partial charge on any atom is -0.491 e. The van der Waals surface area contributed by atoms with Crippen LogP contribution in [0.15, 0.2) is 18.2 Å². The molecule has 0 aliphatic carbocycles. The van der Waals surface area contributed by atoms with Crippen molar-refractivity contribution in [3.8, 4) is 5.75 Å². The summed E-state index contributed by atoms with van der Waals surface area (Å²) < 4.78 is 16.0. The Labute approximate surface area is 131 Å². The van der Waals surface area contributed by atoms with E-state index in [0.29, 0.717) is 45.9 Å². The van der Waals surface area contributed by atoms with Gasteiger partial charge in [-0.3, -0.25) is 0 Å². The lowest BCUT2D eigenvalue weighted by atomic mass is 10.0. The zero-order valence-corrected chi connectivity index (χ0v) is 12.9. The molecule has 0 fully saturated rings. The van der Waals surface area contributed by atoms with Gasteiger partial charge in [-0.05, 0) is 36.1 Å². The second-order valence-corrected chi connectivity index (χ2v) is 4.67. The van der Waals surface area contributed by atoms with Gasteiger partial charge in [0.25, 0.3) is 0 Å². The van der Waals surface area contributed by atoms with Crippen LogP contribution in [-0.2, 0) is 22.3 Å². The lowest BCUT2D eigenvalue weighted by Crippen LogP contribution is -2.10. The van der Waals surface area contributed by atoms with Crippen LogP contribution >= 0.6 is 0 Å². The van der Waals surface area contributed by atoms with Gasteiger partial charge in [-0.1, -0.05) is 6.07 Å². The zero-order valence-electron chi connectivity index (χ0n) is 12.9. The summed E-state index contributed by atoms with van der Waals surface area (Å²) in [4.78, 5) is 0. The van der Waals surface area contributed by atoms with Gasteiger partial charge in [-0.15, -0.1) is 0 Å². The molecule has 1 aromatic rings. The zero-order chi connectivity index (χ0) is 16.0. The highest BCUT2D eigenvalue weighted by Crippen LogP contribution is 2.19. The molecule has 0 saturated heterocycles. The molecule has 0 atom stereocenters. The lowest BCUT2D eigenvalue weighted by molar-refractivity contribution is 0.0704. The molecule has 0 unspecified atom stereocenters. The number of benzene rings is 1. The third kappa shape index (κ3) is 7.72. The van der Waals surface area contributed by atoms with E-state index in [1.807, 2.05) is 18.2 Å². The van der Waals surface area contributed by atoms with Gasteiger partial charge < -0.3 is 29.5 Å². The summed E-state index contributed by atoms with van der Waals surface area (Å²) in [6, 6.07) is 5.76. The fraction of sp³-hybridized carbons (Fsp3) is 0.625. The standard InChI is InChI=1S/C16H26O6/c17-5-3-14-1-2-16(22-12-11-21-10-7-19)13-15(14)4-8-20-9-6-18/h1-2,13,17-19H,3-12H2. The number of hydrogen-bond acceptors (Lipinski definition) is 6. The van der Waals surface area contributed by atoms with Crippen molar-refractivity contribution in [2.75, 3.05) is 52.9 Å². The van der Waals surface area contributed by atoms with Crippen LogP contribution in [0.4, 0.5) is 0 Å². The smallest absolute Gasteiger partial charge is 0.119 e. The van der Waals surface area contributed by atoms with Gasteiger partial charge in [0.2, 0.25) is 0 Å². The van der Waals surface area contributed by atoms with Crippen LogP contribution in [0.25, 0.3) is 0 Å². The summed E-state index contributed by atoms with van der Waals surface area (Å²) in [5, 5.41) is 26.4. The highest BCUT2D eigenvalue weighted by molar-refractivity contribution is 5.36. The average molecular weight is 314 g/mol. The van der Waals surface area contributed by atoms with E-state index in [9.17, 15) is 0 Å². The first-order chi connectivity index (χ1) is 10.8. The molecule has 0 radical (unpaired) electrons. The van der Waals surface area contributed by atoms with E-state index in [1.54, 1.807) is 0 Å². The number of aliphatic hydroxyl groups is 3. The van der Waals surface area contributed by atoms with E-state index >= 15 is 0 Å². The van der Waals surface area contributed by atoms with E-state index in [4.69, 9.17) is 29.5 Å². The first kappa shape index (κ1) is 18.9. The number of rotatable bonds is 13. The second kappa shape index (κ2) is 12.4. The molecule has 3 N–H and O–H groups in total. The highest BCUT2D eigenvalue weighted by atomic mass is 16.5. The van der Waals surface area contributed by atoms with Gasteiger partial charge in [0.05, 0.1) is 39.6 Å². The number of hydrogen-bond donors (Lipinski definition) is 3. The molecule has 0 aliphatic rings. The molecular formula is C16H26O6. The van der Waals surface area contributed by atoms with Gasteiger partial charge in [0, 0.05) is 6.61 Å². The predicted molar refractivity (Wildman–Crippen MR) is 82.2 cm³/mol. The normalized spacial score (nSPS) is 10.9. The van der Waals surface area contributed by atoms with Crippen molar-refractivity contribution in [1.82, 2.24) is 0 Å². The first-order valence-electron chi connectivity index (χ1n) is 7.54. The van der Waals surface area contributed by atoms with Gasteiger partial charge in [0.15, 0.2) is 0 Å². The molecule has 22 heavy (non-hydrogen) atoms. The van der Waals surface area contributed by atoms with E-state index < -0.39 is 0 Å². The maximum absolute atomic E-state index is 9.11. The third-order valence-electron chi connectivity index (χ3n) is 3.04. The van der Waals surface area contributed by atoms with Crippen molar-refractivity contribution in [3.05, 3.63) is 29.3 Å². The number of aliphatic hydroxyl groups excluding tert-OH is 3. The van der Waals surface area contributed by atoms with Crippen LogP contribution in [0.1, 0.15) is 11.1 Å². The summed E-state index contributed by atoms with van der Waals surface area (Å²) in [6.45, 7) is 2.11. The van der Waals surface area contributed by atoms with Crippen LogP contribution in [0.5, 0.6) is 5.75 Å². The van der Waals surface area contributed by atoms with Crippen molar-refractivity contribution >= 4 is 0 Å². The van der Waals surface area contributed by atoms with Gasteiger partial charge in [-0.2, -0.15) is 0 Å². The molecule has 0 spiro atoms. The maximum atomic E-state index is 9.11. The quantitative estimate of drug-likeness (QED) is 0.450. The fourth-order valence-corrected chi connectivity index (χ4v) is 2.02. The molecule has 1 rings (SSSR count). The minimum absolute atomic E-state index is 0.00778. The Morgan fingerprint density at radius 3 is 2.09 bits per heavy atom.